The van der Waals surface area contributed by atoms with Crippen LogP contribution in [0.1, 0.15) is 28.3 Å². The molecule has 0 aliphatic carbocycles. The molecule has 0 saturated carbocycles. The zero-order valence-corrected chi connectivity index (χ0v) is 13.4. The van der Waals surface area contributed by atoms with Crippen molar-refractivity contribution < 1.29 is 22.6 Å². The highest BCUT2D eigenvalue weighted by atomic mass is 19.4. The van der Waals surface area contributed by atoms with Crippen molar-refractivity contribution in [1.82, 2.24) is 5.32 Å². The average Bonchev–Trinajstić information content (AvgIpc) is 2.59. The number of fused-ring (bicyclic) bond motifs is 1. The number of benzene rings is 2. The average molecular weight is 337 g/mol. The van der Waals surface area contributed by atoms with Crippen molar-refractivity contribution >= 4 is 0 Å². The molecule has 6 heteroatoms. The predicted octanol–water partition coefficient (Wildman–Crippen LogP) is 3.96. The third-order valence-corrected chi connectivity index (χ3v) is 4.27. The van der Waals surface area contributed by atoms with Gasteiger partial charge in [-0.05, 0) is 47.4 Å². The van der Waals surface area contributed by atoms with Gasteiger partial charge >= 0.3 is 6.18 Å². The van der Waals surface area contributed by atoms with Crippen LogP contribution in [0.25, 0.3) is 0 Å². The summed E-state index contributed by atoms with van der Waals surface area (Å²) in [5.41, 5.74) is 2.25. The number of hydrogen-bond acceptors (Lipinski definition) is 3. The molecule has 0 fully saturated rings. The Morgan fingerprint density at radius 1 is 1.00 bits per heavy atom. The van der Waals surface area contributed by atoms with Crippen molar-refractivity contribution in [3.05, 3.63) is 58.7 Å². The van der Waals surface area contributed by atoms with Crippen LogP contribution in [0.15, 0.2) is 36.4 Å². The lowest BCUT2D eigenvalue weighted by atomic mass is 9.89. The van der Waals surface area contributed by atoms with Gasteiger partial charge in [0.1, 0.15) is 0 Å². The number of rotatable bonds is 3. The molecule has 0 unspecified atom stereocenters. The van der Waals surface area contributed by atoms with E-state index in [1.54, 1.807) is 14.2 Å². The molecule has 1 heterocycles. The highest BCUT2D eigenvalue weighted by Gasteiger charge is 2.31. The van der Waals surface area contributed by atoms with Crippen molar-refractivity contribution in [3.63, 3.8) is 0 Å². The molecule has 0 amide bonds. The maximum atomic E-state index is 12.7. The first-order valence-corrected chi connectivity index (χ1v) is 7.59. The van der Waals surface area contributed by atoms with Crippen LogP contribution in [0.4, 0.5) is 13.2 Å². The molecular formula is C18H18F3NO2. The maximum Gasteiger partial charge on any atom is 0.416 e. The molecule has 128 valence electrons. The minimum atomic E-state index is -4.33. The van der Waals surface area contributed by atoms with E-state index in [4.69, 9.17) is 9.47 Å². The van der Waals surface area contributed by atoms with Crippen molar-refractivity contribution in [2.45, 2.75) is 18.6 Å². The summed E-state index contributed by atoms with van der Waals surface area (Å²) in [5.74, 6) is 1.26. The third-order valence-electron chi connectivity index (χ3n) is 4.27. The number of hydrogen-bond donors (Lipinski definition) is 1. The lowest BCUT2D eigenvalue weighted by molar-refractivity contribution is -0.137. The lowest BCUT2D eigenvalue weighted by Crippen LogP contribution is -2.30. The molecule has 1 atom stereocenters. The summed E-state index contributed by atoms with van der Waals surface area (Å²) in [5, 5.41) is 3.36. The van der Waals surface area contributed by atoms with E-state index < -0.39 is 11.7 Å². The first-order chi connectivity index (χ1) is 11.4. The first kappa shape index (κ1) is 16.6. The molecule has 0 bridgehead atoms. The van der Waals surface area contributed by atoms with Crippen LogP contribution in [0, 0.1) is 0 Å². The van der Waals surface area contributed by atoms with Crippen LogP contribution < -0.4 is 14.8 Å². The van der Waals surface area contributed by atoms with Crippen LogP contribution in [0.2, 0.25) is 0 Å². The van der Waals surface area contributed by atoms with E-state index in [-0.39, 0.29) is 6.04 Å². The van der Waals surface area contributed by atoms with Crippen molar-refractivity contribution in [2.24, 2.45) is 0 Å². The molecule has 0 saturated heterocycles. The van der Waals surface area contributed by atoms with Crippen molar-refractivity contribution in [2.75, 3.05) is 20.8 Å². The molecule has 2 aromatic carbocycles. The topological polar surface area (TPSA) is 30.5 Å². The predicted molar refractivity (Wildman–Crippen MR) is 84.5 cm³/mol. The fourth-order valence-corrected chi connectivity index (χ4v) is 3.05. The lowest BCUT2D eigenvalue weighted by Gasteiger charge is -2.28. The zero-order valence-electron chi connectivity index (χ0n) is 13.4. The fourth-order valence-electron chi connectivity index (χ4n) is 3.05. The Kier molecular flexibility index (Phi) is 4.41. The number of halogens is 3. The maximum absolute atomic E-state index is 12.7. The standard InChI is InChI=1S/C18H18F3NO2/c1-23-15-9-12-7-8-22-17(14(12)10-16(15)24-2)11-3-5-13(6-4-11)18(19,20)21/h3-6,9-10,17,22H,7-8H2,1-2H3/t17-/m1/s1. The molecule has 3 nitrogen and oxygen atoms in total. The van der Waals surface area contributed by atoms with Gasteiger partial charge in [0.05, 0.1) is 25.8 Å². The summed E-state index contributed by atoms with van der Waals surface area (Å²) in [6.45, 7) is 0.744. The second-order valence-corrected chi connectivity index (χ2v) is 5.66. The monoisotopic (exact) mass is 337 g/mol. The van der Waals surface area contributed by atoms with E-state index in [0.717, 1.165) is 41.8 Å². The molecule has 24 heavy (non-hydrogen) atoms. The van der Waals surface area contributed by atoms with Crippen LogP contribution in [0.5, 0.6) is 11.5 Å². The Labute approximate surface area is 138 Å². The van der Waals surface area contributed by atoms with E-state index in [1.165, 1.54) is 12.1 Å². The van der Waals surface area contributed by atoms with Gasteiger partial charge in [-0.1, -0.05) is 12.1 Å². The van der Waals surface area contributed by atoms with E-state index in [1.807, 2.05) is 12.1 Å². The molecule has 0 radical (unpaired) electrons. The quantitative estimate of drug-likeness (QED) is 0.920. The van der Waals surface area contributed by atoms with Gasteiger partial charge in [0.2, 0.25) is 0 Å². The summed E-state index contributed by atoms with van der Waals surface area (Å²) >= 11 is 0. The van der Waals surface area contributed by atoms with Crippen molar-refractivity contribution in [1.29, 1.82) is 0 Å². The van der Waals surface area contributed by atoms with Gasteiger partial charge in [-0.3, -0.25) is 0 Å². The largest absolute Gasteiger partial charge is 0.493 e. The fraction of sp³-hybridized carbons (Fsp3) is 0.333. The van der Waals surface area contributed by atoms with Crippen LogP contribution >= 0.6 is 0 Å². The minimum absolute atomic E-state index is 0.171. The van der Waals surface area contributed by atoms with Gasteiger partial charge in [-0.25, -0.2) is 0 Å². The molecule has 0 aromatic heterocycles. The Bertz CT molecular complexity index is 726. The van der Waals surface area contributed by atoms with Crippen LogP contribution in [-0.4, -0.2) is 20.8 Å². The van der Waals surface area contributed by atoms with Crippen LogP contribution in [0.3, 0.4) is 0 Å². The SMILES string of the molecule is COc1cc2c(cc1OC)[C@@H](c1ccc(C(F)(F)F)cc1)NCC2. The minimum Gasteiger partial charge on any atom is -0.493 e. The number of alkyl halides is 3. The van der Waals surface area contributed by atoms with E-state index in [0.29, 0.717) is 11.5 Å². The van der Waals surface area contributed by atoms with E-state index in [2.05, 4.69) is 5.32 Å². The molecule has 0 spiro atoms. The normalized spacial score (nSPS) is 17.3. The van der Waals surface area contributed by atoms with E-state index >= 15 is 0 Å². The van der Waals surface area contributed by atoms with Gasteiger partial charge in [-0.2, -0.15) is 13.2 Å². The van der Waals surface area contributed by atoms with Gasteiger partial charge in [0, 0.05) is 6.54 Å². The summed E-state index contributed by atoms with van der Waals surface area (Å²) in [6, 6.07) is 8.93. The molecule has 3 rings (SSSR count). The Morgan fingerprint density at radius 2 is 1.62 bits per heavy atom. The Morgan fingerprint density at radius 3 is 2.21 bits per heavy atom. The highest BCUT2D eigenvalue weighted by Crippen LogP contribution is 2.38. The number of ether oxygens (including phenoxy) is 2. The van der Waals surface area contributed by atoms with Gasteiger partial charge in [0.25, 0.3) is 0 Å². The number of methoxy groups -OCH3 is 2. The van der Waals surface area contributed by atoms with Crippen LogP contribution in [-0.2, 0) is 12.6 Å². The number of nitrogens with one attached hydrogen (secondary N) is 1. The summed E-state index contributed by atoms with van der Waals surface area (Å²) < 4.78 is 48.9. The molecular weight excluding hydrogens is 319 g/mol. The molecule has 2 aromatic rings. The van der Waals surface area contributed by atoms with Gasteiger partial charge in [0.15, 0.2) is 11.5 Å². The second-order valence-electron chi connectivity index (χ2n) is 5.66. The molecule has 1 N–H and O–H groups in total. The smallest absolute Gasteiger partial charge is 0.416 e. The first-order valence-electron chi connectivity index (χ1n) is 7.59. The molecule has 1 aliphatic rings. The summed E-state index contributed by atoms with van der Waals surface area (Å²) in [4.78, 5) is 0. The second kappa shape index (κ2) is 6.36. The van der Waals surface area contributed by atoms with Gasteiger partial charge in [-0.15, -0.1) is 0 Å². The third kappa shape index (κ3) is 3.06. The Hall–Kier alpha value is -2.21. The summed E-state index contributed by atoms with van der Waals surface area (Å²) in [6.07, 6.45) is -3.50. The molecule has 1 aliphatic heterocycles. The highest BCUT2D eigenvalue weighted by molar-refractivity contribution is 5.51. The Balaban J connectivity index is 2.00. The van der Waals surface area contributed by atoms with Gasteiger partial charge < -0.3 is 14.8 Å². The zero-order chi connectivity index (χ0) is 17.3. The summed E-state index contributed by atoms with van der Waals surface area (Å²) in [7, 11) is 3.15. The van der Waals surface area contributed by atoms with E-state index in [9.17, 15) is 13.2 Å². The van der Waals surface area contributed by atoms with Crippen molar-refractivity contribution in [3.8, 4) is 11.5 Å².